The number of hydrogen-bond acceptors (Lipinski definition) is 2. The molecule has 1 heterocycles. The lowest BCUT2D eigenvalue weighted by Gasteiger charge is -2.36. The molecule has 1 aliphatic carbocycles. The zero-order valence-corrected chi connectivity index (χ0v) is 12.1. The Kier molecular flexibility index (Phi) is 3.95. The van der Waals surface area contributed by atoms with E-state index >= 15 is 0 Å². The lowest BCUT2D eigenvalue weighted by atomic mass is 9.96. The van der Waals surface area contributed by atoms with Gasteiger partial charge in [-0.1, -0.05) is 24.3 Å². The Hall–Kier alpha value is -1.84. The van der Waals surface area contributed by atoms with Crippen LogP contribution >= 0.6 is 0 Å². The number of carbonyl (C=O) groups is 2. The minimum Gasteiger partial charge on any atom is -0.481 e. The second-order valence-corrected chi connectivity index (χ2v) is 6.15. The summed E-state index contributed by atoms with van der Waals surface area (Å²) in [5.41, 5.74) is 2.53. The van der Waals surface area contributed by atoms with E-state index in [0.29, 0.717) is 6.54 Å². The van der Waals surface area contributed by atoms with Gasteiger partial charge in [-0.15, -0.1) is 0 Å². The number of aliphatic carboxylic acids is 1. The highest BCUT2D eigenvalue weighted by atomic mass is 16.4. The first kappa shape index (κ1) is 14.1. The van der Waals surface area contributed by atoms with Crippen LogP contribution in [0.5, 0.6) is 0 Å². The monoisotopic (exact) mass is 287 g/mol. The van der Waals surface area contributed by atoms with Gasteiger partial charge in [0.05, 0.1) is 6.42 Å². The van der Waals surface area contributed by atoms with E-state index in [1.165, 1.54) is 11.1 Å². The molecule has 112 valence electrons. The average Bonchev–Trinajstić information content (AvgIpc) is 2.90. The molecule has 0 aromatic heterocycles. The molecule has 4 heteroatoms. The van der Waals surface area contributed by atoms with Crippen LogP contribution in [0.4, 0.5) is 0 Å². The predicted molar refractivity (Wildman–Crippen MR) is 78.9 cm³/mol. The van der Waals surface area contributed by atoms with Crippen molar-refractivity contribution in [2.45, 2.75) is 44.6 Å². The quantitative estimate of drug-likeness (QED) is 0.927. The van der Waals surface area contributed by atoms with E-state index in [1.807, 2.05) is 17.0 Å². The zero-order chi connectivity index (χ0) is 14.8. The van der Waals surface area contributed by atoms with Crippen molar-refractivity contribution in [3.63, 3.8) is 0 Å². The Morgan fingerprint density at radius 3 is 2.43 bits per heavy atom. The number of benzene rings is 1. The molecule has 4 nitrogen and oxygen atoms in total. The number of likely N-dealkylation sites (tertiary alicyclic amines) is 1. The topological polar surface area (TPSA) is 57.6 Å². The molecule has 1 amide bonds. The molecule has 1 aromatic carbocycles. The zero-order valence-electron chi connectivity index (χ0n) is 12.1. The van der Waals surface area contributed by atoms with Crippen molar-refractivity contribution in [3.8, 4) is 0 Å². The molecule has 21 heavy (non-hydrogen) atoms. The minimum atomic E-state index is -0.811. The highest BCUT2D eigenvalue weighted by Gasteiger charge is 2.35. The van der Waals surface area contributed by atoms with Crippen LogP contribution in [0.15, 0.2) is 24.3 Å². The third kappa shape index (κ3) is 2.94. The maximum Gasteiger partial charge on any atom is 0.305 e. The van der Waals surface area contributed by atoms with Crippen LogP contribution in [0.2, 0.25) is 0 Å². The van der Waals surface area contributed by atoms with E-state index in [-0.39, 0.29) is 24.3 Å². The standard InChI is InChI=1S/C17H21NO3/c19-16(20)11-15-7-3-4-8-18(15)17(21)14-9-12-5-1-2-6-13(12)10-14/h1-2,5-6,14-15H,3-4,7-11H2,(H,19,20). The van der Waals surface area contributed by atoms with E-state index in [0.717, 1.165) is 32.1 Å². The van der Waals surface area contributed by atoms with Crippen molar-refractivity contribution in [3.05, 3.63) is 35.4 Å². The number of rotatable bonds is 3. The predicted octanol–water partition coefficient (Wildman–Crippen LogP) is 2.26. The molecule has 0 saturated carbocycles. The van der Waals surface area contributed by atoms with Crippen molar-refractivity contribution in [1.29, 1.82) is 0 Å². The van der Waals surface area contributed by atoms with Gasteiger partial charge in [0.2, 0.25) is 5.91 Å². The summed E-state index contributed by atoms with van der Waals surface area (Å²) in [6.07, 6.45) is 4.49. The Labute approximate surface area is 124 Å². The van der Waals surface area contributed by atoms with Crippen LogP contribution < -0.4 is 0 Å². The number of carboxylic acids is 1. The molecule has 0 spiro atoms. The summed E-state index contributed by atoms with van der Waals surface area (Å²) in [5.74, 6) is -0.664. The van der Waals surface area contributed by atoms with Crippen molar-refractivity contribution >= 4 is 11.9 Å². The molecule has 1 aromatic rings. The second kappa shape index (κ2) is 5.88. The Morgan fingerprint density at radius 2 is 1.81 bits per heavy atom. The fourth-order valence-corrected chi connectivity index (χ4v) is 3.67. The maximum absolute atomic E-state index is 12.8. The SMILES string of the molecule is O=C(O)CC1CCCCN1C(=O)C1Cc2ccccc2C1. The Bertz CT molecular complexity index is 530. The van der Waals surface area contributed by atoms with E-state index in [4.69, 9.17) is 5.11 Å². The second-order valence-electron chi connectivity index (χ2n) is 6.15. The first-order valence-corrected chi connectivity index (χ1v) is 7.74. The van der Waals surface area contributed by atoms with Crippen LogP contribution in [-0.2, 0) is 22.4 Å². The van der Waals surface area contributed by atoms with Crippen molar-refractivity contribution in [2.75, 3.05) is 6.54 Å². The number of hydrogen-bond donors (Lipinski definition) is 1. The lowest BCUT2D eigenvalue weighted by Crippen LogP contribution is -2.47. The highest BCUT2D eigenvalue weighted by molar-refractivity contribution is 5.81. The number of fused-ring (bicyclic) bond motifs is 1. The molecule has 1 saturated heterocycles. The molecule has 0 radical (unpaired) electrons. The van der Waals surface area contributed by atoms with Crippen molar-refractivity contribution < 1.29 is 14.7 Å². The van der Waals surface area contributed by atoms with Gasteiger partial charge in [-0.3, -0.25) is 9.59 Å². The fraction of sp³-hybridized carbons (Fsp3) is 0.529. The van der Waals surface area contributed by atoms with E-state index < -0.39 is 5.97 Å². The van der Waals surface area contributed by atoms with Gasteiger partial charge < -0.3 is 10.0 Å². The smallest absolute Gasteiger partial charge is 0.305 e. The van der Waals surface area contributed by atoms with Gasteiger partial charge in [0.15, 0.2) is 0 Å². The van der Waals surface area contributed by atoms with E-state index in [1.54, 1.807) is 0 Å². The summed E-state index contributed by atoms with van der Waals surface area (Å²) in [7, 11) is 0. The maximum atomic E-state index is 12.8. The largest absolute Gasteiger partial charge is 0.481 e. The third-order valence-corrected chi connectivity index (χ3v) is 4.72. The first-order valence-electron chi connectivity index (χ1n) is 7.74. The summed E-state index contributed by atoms with van der Waals surface area (Å²) in [5, 5.41) is 9.03. The van der Waals surface area contributed by atoms with Gasteiger partial charge in [-0.25, -0.2) is 0 Å². The summed E-state index contributed by atoms with van der Waals surface area (Å²) < 4.78 is 0. The summed E-state index contributed by atoms with van der Waals surface area (Å²) >= 11 is 0. The summed E-state index contributed by atoms with van der Waals surface area (Å²) in [6, 6.07) is 8.09. The van der Waals surface area contributed by atoms with Gasteiger partial charge in [0, 0.05) is 18.5 Å². The molecule has 0 bridgehead atoms. The molecule has 1 fully saturated rings. The normalized spacial score (nSPS) is 22.1. The molecule has 3 rings (SSSR count). The average molecular weight is 287 g/mol. The fourth-order valence-electron chi connectivity index (χ4n) is 3.67. The highest BCUT2D eigenvalue weighted by Crippen LogP contribution is 2.30. The summed E-state index contributed by atoms with van der Waals surface area (Å²) in [6.45, 7) is 0.712. The van der Waals surface area contributed by atoms with E-state index in [2.05, 4.69) is 12.1 Å². The van der Waals surface area contributed by atoms with Gasteiger partial charge in [-0.2, -0.15) is 0 Å². The lowest BCUT2D eigenvalue weighted by molar-refractivity contribution is -0.143. The number of carbonyl (C=O) groups excluding carboxylic acids is 1. The molecule has 1 N–H and O–H groups in total. The third-order valence-electron chi connectivity index (χ3n) is 4.72. The number of piperidine rings is 1. The van der Waals surface area contributed by atoms with Crippen molar-refractivity contribution in [2.24, 2.45) is 5.92 Å². The molecule has 1 aliphatic heterocycles. The first-order chi connectivity index (χ1) is 10.1. The minimum absolute atomic E-state index is 0.00297. The van der Waals surface area contributed by atoms with E-state index in [9.17, 15) is 9.59 Å². The van der Waals surface area contributed by atoms with Gasteiger partial charge >= 0.3 is 5.97 Å². The van der Waals surface area contributed by atoms with Crippen LogP contribution in [0, 0.1) is 5.92 Å². The molecule has 1 unspecified atom stereocenters. The summed E-state index contributed by atoms with van der Waals surface area (Å²) in [4.78, 5) is 25.6. The van der Waals surface area contributed by atoms with Crippen LogP contribution in [0.25, 0.3) is 0 Å². The van der Waals surface area contributed by atoms with Crippen molar-refractivity contribution in [1.82, 2.24) is 4.90 Å². The molecular formula is C17H21NO3. The van der Waals surface area contributed by atoms with Crippen LogP contribution in [0.1, 0.15) is 36.8 Å². The molecular weight excluding hydrogens is 266 g/mol. The number of carboxylic acid groups (broad SMARTS) is 1. The van der Waals surface area contributed by atoms with Crippen LogP contribution in [0.3, 0.4) is 0 Å². The van der Waals surface area contributed by atoms with Gasteiger partial charge in [-0.05, 0) is 43.2 Å². The van der Waals surface area contributed by atoms with Gasteiger partial charge in [0.25, 0.3) is 0 Å². The Balaban J connectivity index is 1.71. The van der Waals surface area contributed by atoms with Gasteiger partial charge in [0.1, 0.15) is 0 Å². The number of amides is 1. The molecule has 2 aliphatic rings. The number of nitrogens with zero attached hydrogens (tertiary/aromatic N) is 1. The van der Waals surface area contributed by atoms with Crippen LogP contribution in [-0.4, -0.2) is 34.5 Å². The Morgan fingerprint density at radius 1 is 1.14 bits per heavy atom. The molecule has 1 atom stereocenters.